The number of nitrogens with one attached hydrogen (secondary N) is 1. The molecule has 0 spiro atoms. The van der Waals surface area contributed by atoms with E-state index in [0.29, 0.717) is 6.61 Å². The quantitative estimate of drug-likeness (QED) is 0.233. The summed E-state index contributed by atoms with van der Waals surface area (Å²) in [5.41, 5.74) is 6.52. The maximum atomic E-state index is 12.9. The van der Waals surface area contributed by atoms with E-state index in [1.807, 2.05) is 70.2 Å². The molecule has 37 heavy (non-hydrogen) atoms. The Morgan fingerprint density at radius 1 is 1.08 bits per heavy atom. The highest BCUT2D eigenvalue weighted by Gasteiger charge is 2.20. The molecule has 1 heterocycles. The fourth-order valence-electron chi connectivity index (χ4n) is 4.67. The van der Waals surface area contributed by atoms with Crippen molar-refractivity contribution in [2.75, 3.05) is 13.7 Å². The number of furan rings is 1. The van der Waals surface area contributed by atoms with Gasteiger partial charge < -0.3 is 19.2 Å². The van der Waals surface area contributed by atoms with Gasteiger partial charge in [0.25, 0.3) is 0 Å². The van der Waals surface area contributed by atoms with Crippen molar-refractivity contribution >= 4 is 22.4 Å². The van der Waals surface area contributed by atoms with E-state index in [4.69, 9.17) is 13.9 Å². The molecule has 0 radical (unpaired) electrons. The molecule has 5 heteroatoms. The van der Waals surface area contributed by atoms with Crippen LogP contribution < -0.4 is 14.8 Å². The molecule has 4 rings (SSSR count). The summed E-state index contributed by atoms with van der Waals surface area (Å²) >= 11 is 0. The fourth-order valence-corrected chi connectivity index (χ4v) is 4.67. The number of hydrogen-bond acceptors (Lipinski definition) is 4. The van der Waals surface area contributed by atoms with Crippen molar-refractivity contribution in [3.8, 4) is 22.6 Å². The number of aryl methyl sites for hydroxylation is 2. The van der Waals surface area contributed by atoms with Gasteiger partial charge in [0.1, 0.15) is 17.1 Å². The summed E-state index contributed by atoms with van der Waals surface area (Å²) in [6.45, 7) is 8.44. The monoisotopic (exact) mass is 497 g/mol. The lowest BCUT2D eigenvalue weighted by atomic mass is 9.96. The van der Waals surface area contributed by atoms with Crippen LogP contribution in [-0.4, -0.2) is 25.7 Å². The number of carbonyl (C=O) groups is 1. The standard InChI is InChI=1S/C32H35NO4/c1-6-36-31-23(4)32-27(28(20-37-32)25-14-10-11-15-29(25)35-5)19-26(31)21(2)18-30(34)33-22(3)16-17-24-12-8-7-9-13-24/h7-15,18-20,22H,6,16-17H2,1-5H3,(H,33,34)/b21-18+. The lowest BCUT2D eigenvalue weighted by molar-refractivity contribution is -0.117. The predicted octanol–water partition coefficient (Wildman–Crippen LogP) is 7.36. The zero-order valence-electron chi connectivity index (χ0n) is 22.3. The number of hydrogen-bond donors (Lipinski definition) is 1. The highest BCUT2D eigenvalue weighted by atomic mass is 16.5. The smallest absolute Gasteiger partial charge is 0.244 e. The van der Waals surface area contributed by atoms with E-state index >= 15 is 0 Å². The number of carbonyl (C=O) groups excluding carboxylic acids is 1. The second-order valence-electron chi connectivity index (χ2n) is 9.30. The van der Waals surface area contributed by atoms with Crippen LogP contribution in [0.5, 0.6) is 11.5 Å². The minimum atomic E-state index is -0.115. The molecule has 3 aromatic carbocycles. The van der Waals surface area contributed by atoms with Crippen LogP contribution in [0.4, 0.5) is 0 Å². The third-order valence-electron chi connectivity index (χ3n) is 6.60. The number of amides is 1. The molecular weight excluding hydrogens is 462 g/mol. The van der Waals surface area contributed by atoms with Crippen molar-refractivity contribution in [2.45, 2.75) is 46.6 Å². The molecule has 0 bridgehead atoms. The second-order valence-corrected chi connectivity index (χ2v) is 9.30. The minimum Gasteiger partial charge on any atom is -0.496 e. The Kier molecular flexibility index (Phi) is 8.34. The number of allylic oxidation sites excluding steroid dienone is 1. The van der Waals surface area contributed by atoms with Crippen molar-refractivity contribution in [3.63, 3.8) is 0 Å². The first-order chi connectivity index (χ1) is 17.9. The first-order valence-electron chi connectivity index (χ1n) is 12.8. The minimum absolute atomic E-state index is 0.0540. The molecule has 1 aromatic heterocycles. The molecule has 1 unspecified atom stereocenters. The van der Waals surface area contributed by atoms with E-state index < -0.39 is 0 Å². The summed E-state index contributed by atoms with van der Waals surface area (Å²) in [6, 6.07) is 20.3. The van der Waals surface area contributed by atoms with Crippen LogP contribution in [0.3, 0.4) is 0 Å². The van der Waals surface area contributed by atoms with Crippen LogP contribution in [0.25, 0.3) is 27.7 Å². The van der Waals surface area contributed by atoms with Gasteiger partial charge in [0.15, 0.2) is 0 Å². The van der Waals surface area contributed by atoms with Gasteiger partial charge in [-0.15, -0.1) is 0 Å². The van der Waals surface area contributed by atoms with Gasteiger partial charge >= 0.3 is 0 Å². The molecule has 0 aliphatic heterocycles. The summed E-state index contributed by atoms with van der Waals surface area (Å²) in [4.78, 5) is 12.9. The van der Waals surface area contributed by atoms with Gasteiger partial charge in [0, 0.05) is 39.8 Å². The molecule has 1 atom stereocenters. The molecular formula is C32H35NO4. The first kappa shape index (κ1) is 26.1. The molecule has 0 fully saturated rings. The van der Waals surface area contributed by atoms with Gasteiger partial charge in [-0.3, -0.25) is 4.79 Å². The molecule has 192 valence electrons. The Morgan fingerprint density at radius 3 is 2.54 bits per heavy atom. The van der Waals surface area contributed by atoms with E-state index in [2.05, 4.69) is 23.5 Å². The van der Waals surface area contributed by atoms with Crippen molar-refractivity contribution in [1.29, 1.82) is 0 Å². The maximum absolute atomic E-state index is 12.9. The number of rotatable bonds is 10. The third kappa shape index (κ3) is 5.88. The Labute approximate surface area is 219 Å². The van der Waals surface area contributed by atoms with Crippen molar-refractivity contribution in [3.05, 3.63) is 89.7 Å². The van der Waals surface area contributed by atoms with E-state index in [-0.39, 0.29) is 11.9 Å². The van der Waals surface area contributed by atoms with Gasteiger partial charge in [-0.05, 0) is 63.8 Å². The number of methoxy groups -OCH3 is 1. The predicted molar refractivity (Wildman–Crippen MR) is 150 cm³/mol. The van der Waals surface area contributed by atoms with Crippen molar-refractivity contribution in [2.24, 2.45) is 0 Å². The fraction of sp³-hybridized carbons (Fsp3) is 0.281. The van der Waals surface area contributed by atoms with Gasteiger partial charge in [-0.25, -0.2) is 0 Å². The molecule has 4 aromatic rings. The number of benzene rings is 3. The van der Waals surface area contributed by atoms with Crippen molar-refractivity contribution < 1.29 is 18.7 Å². The van der Waals surface area contributed by atoms with Crippen LogP contribution >= 0.6 is 0 Å². The summed E-state index contributed by atoms with van der Waals surface area (Å²) in [7, 11) is 1.66. The second kappa shape index (κ2) is 11.8. The van der Waals surface area contributed by atoms with E-state index in [9.17, 15) is 4.79 Å². The van der Waals surface area contributed by atoms with Crippen molar-refractivity contribution in [1.82, 2.24) is 5.32 Å². The van der Waals surface area contributed by atoms with E-state index in [1.165, 1.54) is 5.56 Å². The molecule has 0 aliphatic rings. The van der Waals surface area contributed by atoms with E-state index in [0.717, 1.165) is 63.1 Å². The number of fused-ring (bicyclic) bond motifs is 1. The normalized spacial score (nSPS) is 12.4. The van der Waals surface area contributed by atoms with Gasteiger partial charge in [-0.2, -0.15) is 0 Å². The summed E-state index contributed by atoms with van der Waals surface area (Å²) < 4.78 is 17.7. The molecule has 1 amide bonds. The van der Waals surface area contributed by atoms with Crippen LogP contribution in [0.1, 0.15) is 43.9 Å². The van der Waals surface area contributed by atoms with E-state index in [1.54, 1.807) is 19.4 Å². The first-order valence-corrected chi connectivity index (χ1v) is 12.8. The SMILES string of the molecule is CCOc1c(/C(C)=C/C(=O)NC(C)CCc2ccccc2)cc2c(-c3ccccc3OC)coc2c1C. The summed E-state index contributed by atoms with van der Waals surface area (Å²) in [6.07, 6.45) is 5.21. The van der Waals surface area contributed by atoms with Gasteiger partial charge in [0.2, 0.25) is 5.91 Å². The lowest BCUT2D eigenvalue weighted by Crippen LogP contribution is -2.31. The zero-order valence-corrected chi connectivity index (χ0v) is 22.3. The zero-order chi connectivity index (χ0) is 26.4. The third-order valence-corrected chi connectivity index (χ3v) is 6.60. The maximum Gasteiger partial charge on any atom is 0.244 e. The average Bonchev–Trinajstić information content (AvgIpc) is 3.33. The molecule has 0 saturated carbocycles. The highest BCUT2D eigenvalue weighted by Crippen LogP contribution is 2.42. The van der Waals surface area contributed by atoms with Crippen LogP contribution in [0, 0.1) is 6.92 Å². The van der Waals surface area contributed by atoms with Crippen LogP contribution in [0.15, 0.2) is 77.4 Å². The highest BCUT2D eigenvalue weighted by molar-refractivity contribution is 6.02. The Bertz CT molecular complexity index is 1400. The number of para-hydroxylation sites is 1. The van der Waals surface area contributed by atoms with Crippen LogP contribution in [-0.2, 0) is 11.2 Å². The topological polar surface area (TPSA) is 60.7 Å². The Balaban J connectivity index is 1.64. The Hall–Kier alpha value is -3.99. The van der Waals surface area contributed by atoms with Gasteiger partial charge in [0.05, 0.1) is 20.0 Å². The summed E-state index contributed by atoms with van der Waals surface area (Å²) in [5, 5.41) is 4.06. The van der Waals surface area contributed by atoms with Crippen LogP contribution in [0.2, 0.25) is 0 Å². The van der Waals surface area contributed by atoms with Gasteiger partial charge in [-0.1, -0.05) is 48.5 Å². The molecule has 0 aliphatic carbocycles. The average molecular weight is 498 g/mol. The molecule has 0 saturated heterocycles. The summed E-state index contributed by atoms with van der Waals surface area (Å²) in [5.74, 6) is 1.39. The lowest BCUT2D eigenvalue weighted by Gasteiger charge is -2.16. The number of ether oxygens (including phenoxy) is 2. The molecule has 1 N–H and O–H groups in total. The largest absolute Gasteiger partial charge is 0.496 e. The Morgan fingerprint density at radius 2 is 1.81 bits per heavy atom. The molecule has 5 nitrogen and oxygen atoms in total.